The standard InChI is InChI=1S/C23H29N3O5S/c1-4-16(2)24-22(27)18-9-5-6-10-20(18)25-23(28)19-15-17(11-12-21(19)31-3)32(29,30)26-13-7-8-14-26/h5-6,9-12,15-16H,4,7-8,13-14H2,1-3H3,(H,24,27)(H,25,28)/t16-/m1/s1. The van der Waals surface area contributed by atoms with Crippen molar-refractivity contribution >= 4 is 27.5 Å². The molecule has 1 atom stereocenters. The Labute approximate surface area is 189 Å². The minimum atomic E-state index is -3.70. The van der Waals surface area contributed by atoms with E-state index in [9.17, 15) is 18.0 Å². The smallest absolute Gasteiger partial charge is 0.259 e. The molecule has 1 aliphatic rings. The number of nitrogens with zero attached hydrogens (tertiary/aromatic N) is 1. The Hall–Kier alpha value is -2.91. The third-order valence-corrected chi connectivity index (χ3v) is 7.42. The Bertz CT molecular complexity index is 1090. The Morgan fingerprint density at radius 1 is 1.06 bits per heavy atom. The van der Waals surface area contributed by atoms with E-state index in [1.54, 1.807) is 24.3 Å². The molecule has 1 heterocycles. The average molecular weight is 460 g/mol. The number of methoxy groups -OCH3 is 1. The fourth-order valence-electron chi connectivity index (χ4n) is 3.49. The molecule has 0 aromatic heterocycles. The second-order valence-corrected chi connectivity index (χ2v) is 9.69. The third kappa shape index (κ3) is 5.11. The molecule has 9 heteroatoms. The van der Waals surface area contributed by atoms with Gasteiger partial charge < -0.3 is 15.4 Å². The summed E-state index contributed by atoms with van der Waals surface area (Å²) in [6.45, 7) is 4.80. The van der Waals surface area contributed by atoms with Crippen molar-refractivity contribution in [3.05, 3.63) is 53.6 Å². The molecule has 1 aliphatic heterocycles. The van der Waals surface area contributed by atoms with Gasteiger partial charge in [0.2, 0.25) is 10.0 Å². The molecule has 0 spiro atoms. The number of nitrogens with one attached hydrogen (secondary N) is 2. The summed E-state index contributed by atoms with van der Waals surface area (Å²) >= 11 is 0. The van der Waals surface area contributed by atoms with Crippen molar-refractivity contribution in [2.24, 2.45) is 0 Å². The van der Waals surface area contributed by atoms with Crippen LogP contribution in [0.1, 0.15) is 53.8 Å². The summed E-state index contributed by atoms with van der Waals surface area (Å²) in [5.41, 5.74) is 0.721. The SMILES string of the molecule is CC[C@@H](C)NC(=O)c1ccccc1NC(=O)c1cc(S(=O)(=O)N2CCCC2)ccc1OC. The number of hydrogen-bond donors (Lipinski definition) is 2. The van der Waals surface area contributed by atoms with E-state index in [-0.39, 0.29) is 28.2 Å². The lowest BCUT2D eigenvalue weighted by molar-refractivity contribution is 0.0940. The monoisotopic (exact) mass is 459 g/mol. The van der Waals surface area contributed by atoms with Crippen LogP contribution in [0, 0.1) is 0 Å². The normalized spacial score (nSPS) is 15.2. The number of amides is 2. The van der Waals surface area contributed by atoms with Gasteiger partial charge in [-0.2, -0.15) is 4.31 Å². The number of para-hydroxylation sites is 1. The average Bonchev–Trinajstić information content (AvgIpc) is 3.34. The van der Waals surface area contributed by atoms with Crippen molar-refractivity contribution in [2.75, 3.05) is 25.5 Å². The van der Waals surface area contributed by atoms with Gasteiger partial charge in [-0.25, -0.2) is 8.42 Å². The molecule has 1 fully saturated rings. The van der Waals surface area contributed by atoms with Gasteiger partial charge in [-0.1, -0.05) is 19.1 Å². The molecular weight excluding hydrogens is 430 g/mol. The summed E-state index contributed by atoms with van der Waals surface area (Å²) in [5, 5.41) is 5.62. The van der Waals surface area contributed by atoms with Crippen LogP contribution < -0.4 is 15.4 Å². The quantitative estimate of drug-likeness (QED) is 0.630. The summed E-state index contributed by atoms with van der Waals surface area (Å²) in [5.74, 6) is -0.624. The number of benzene rings is 2. The number of anilines is 1. The van der Waals surface area contributed by atoms with Crippen LogP contribution >= 0.6 is 0 Å². The molecule has 0 saturated carbocycles. The van der Waals surface area contributed by atoms with Gasteiger partial charge in [0.05, 0.1) is 28.8 Å². The fraction of sp³-hybridized carbons (Fsp3) is 0.391. The molecule has 0 unspecified atom stereocenters. The van der Waals surface area contributed by atoms with Crippen LogP contribution in [0.2, 0.25) is 0 Å². The molecular formula is C23H29N3O5S. The predicted octanol–water partition coefficient (Wildman–Crippen LogP) is 3.26. The molecule has 2 amide bonds. The van der Waals surface area contributed by atoms with E-state index >= 15 is 0 Å². The van der Waals surface area contributed by atoms with Crippen molar-refractivity contribution in [1.82, 2.24) is 9.62 Å². The zero-order valence-electron chi connectivity index (χ0n) is 18.6. The van der Waals surface area contributed by atoms with Gasteiger partial charge in [0.25, 0.3) is 11.8 Å². The number of sulfonamides is 1. The van der Waals surface area contributed by atoms with Crippen molar-refractivity contribution < 1.29 is 22.7 Å². The van der Waals surface area contributed by atoms with Gasteiger partial charge in [0.15, 0.2) is 0 Å². The van der Waals surface area contributed by atoms with Gasteiger partial charge in [-0.3, -0.25) is 9.59 Å². The van der Waals surface area contributed by atoms with E-state index < -0.39 is 15.9 Å². The first-order valence-corrected chi connectivity index (χ1v) is 12.1. The van der Waals surface area contributed by atoms with Crippen molar-refractivity contribution in [1.29, 1.82) is 0 Å². The molecule has 32 heavy (non-hydrogen) atoms. The largest absolute Gasteiger partial charge is 0.496 e. The van der Waals surface area contributed by atoms with E-state index in [1.165, 1.54) is 29.6 Å². The molecule has 2 aromatic rings. The highest BCUT2D eigenvalue weighted by molar-refractivity contribution is 7.89. The summed E-state index contributed by atoms with van der Waals surface area (Å²) in [7, 11) is -2.29. The molecule has 0 aliphatic carbocycles. The minimum Gasteiger partial charge on any atom is -0.496 e. The lowest BCUT2D eigenvalue weighted by Crippen LogP contribution is -2.32. The molecule has 1 saturated heterocycles. The first kappa shape index (κ1) is 23.7. The maximum atomic E-state index is 13.1. The second-order valence-electron chi connectivity index (χ2n) is 7.76. The Morgan fingerprint density at radius 2 is 1.75 bits per heavy atom. The molecule has 2 aromatic carbocycles. The maximum absolute atomic E-state index is 13.1. The third-order valence-electron chi connectivity index (χ3n) is 5.53. The van der Waals surface area contributed by atoms with E-state index in [4.69, 9.17) is 4.74 Å². The van der Waals surface area contributed by atoms with Crippen LogP contribution in [0.4, 0.5) is 5.69 Å². The van der Waals surface area contributed by atoms with Crippen LogP contribution in [0.25, 0.3) is 0 Å². The van der Waals surface area contributed by atoms with Crippen LogP contribution in [-0.2, 0) is 10.0 Å². The van der Waals surface area contributed by atoms with Gasteiger partial charge in [0.1, 0.15) is 5.75 Å². The highest BCUT2D eigenvalue weighted by Gasteiger charge is 2.29. The Morgan fingerprint density at radius 3 is 2.41 bits per heavy atom. The van der Waals surface area contributed by atoms with E-state index in [0.717, 1.165) is 19.3 Å². The molecule has 0 bridgehead atoms. The van der Waals surface area contributed by atoms with Crippen LogP contribution in [0.5, 0.6) is 5.75 Å². The molecule has 0 radical (unpaired) electrons. The van der Waals surface area contributed by atoms with Crippen molar-refractivity contribution in [2.45, 2.75) is 44.0 Å². The number of ether oxygens (including phenoxy) is 1. The summed E-state index contributed by atoms with van der Waals surface area (Å²) in [6, 6.07) is 10.9. The minimum absolute atomic E-state index is 0.0150. The molecule has 172 valence electrons. The summed E-state index contributed by atoms with van der Waals surface area (Å²) < 4.78 is 32.6. The second kappa shape index (κ2) is 10.1. The molecule has 3 rings (SSSR count). The predicted molar refractivity (Wildman–Crippen MR) is 123 cm³/mol. The van der Waals surface area contributed by atoms with Crippen molar-refractivity contribution in [3.63, 3.8) is 0 Å². The van der Waals surface area contributed by atoms with E-state index in [1.807, 2.05) is 13.8 Å². The zero-order chi connectivity index (χ0) is 23.3. The zero-order valence-corrected chi connectivity index (χ0v) is 19.4. The number of carbonyl (C=O) groups is 2. The number of hydrogen-bond acceptors (Lipinski definition) is 5. The Kier molecular flexibility index (Phi) is 7.52. The van der Waals surface area contributed by atoms with Gasteiger partial charge in [-0.05, 0) is 56.5 Å². The number of rotatable bonds is 8. The van der Waals surface area contributed by atoms with E-state index in [0.29, 0.717) is 24.3 Å². The van der Waals surface area contributed by atoms with E-state index in [2.05, 4.69) is 10.6 Å². The lowest BCUT2D eigenvalue weighted by Gasteiger charge is -2.18. The topological polar surface area (TPSA) is 105 Å². The van der Waals surface area contributed by atoms with Crippen LogP contribution in [0.3, 0.4) is 0 Å². The maximum Gasteiger partial charge on any atom is 0.259 e. The molecule has 8 nitrogen and oxygen atoms in total. The van der Waals surface area contributed by atoms with Crippen molar-refractivity contribution in [3.8, 4) is 5.75 Å². The highest BCUT2D eigenvalue weighted by atomic mass is 32.2. The first-order valence-electron chi connectivity index (χ1n) is 10.7. The van der Waals surface area contributed by atoms with Crippen LogP contribution in [0.15, 0.2) is 47.4 Å². The van der Waals surface area contributed by atoms with Gasteiger partial charge in [-0.15, -0.1) is 0 Å². The van der Waals surface area contributed by atoms with Crippen LogP contribution in [-0.4, -0.2) is 50.8 Å². The summed E-state index contributed by atoms with van der Waals surface area (Å²) in [6.07, 6.45) is 2.41. The van der Waals surface area contributed by atoms with Gasteiger partial charge >= 0.3 is 0 Å². The Balaban J connectivity index is 1.91. The lowest BCUT2D eigenvalue weighted by atomic mass is 10.1. The van der Waals surface area contributed by atoms with Gasteiger partial charge in [0, 0.05) is 19.1 Å². The molecule has 2 N–H and O–H groups in total. The highest BCUT2D eigenvalue weighted by Crippen LogP contribution is 2.27. The summed E-state index contributed by atoms with van der Waals surface area (Å²) in [4.78, 5) is 25.8. The fourth-order valence-corrected chi connectivity index (χ4v) is 5.03. The number of carbonyl (C=O) groups excluding carboxylic acids is 2. The first-order chi connectivity index (χ1) is 15.3.